The fourth-order valence-electron chi connectivity index (χ4n) is 2.08. The summed E-state index contributed by atoms with van der Waals surface area (Å²) in [4.78, 5) is 12.2. The van der Waals surface area contributed by atoms with Crippen LogP contribution in [0.4, 0.5) is 0 Å². The molecule has 3 aromatic heterocycles. The molecule has 0 atom stereocenters. The Bertz CT molecular complexity index is 781. The SMILES string of the molecule is Cc1ccc2[nH]c(=S)n(CCc3csc(C)n3)c2n1. The van der Waals surface area contributed by atoms with Gasteiger partial charge in [0.2, 0.25) is 0 Å². The van der Waals surface area contributed by atoms with Crippen molar-refractivity contribution in [3.05, 3.63) is 38.7 Å². The number of hydrogen-bond donors (Lipinski definition) is 1. The second-order valence-electron chi connectivity index (χ2n) is 4.51. The van der Waals surface area contributed by atoms with Crippen LogP contribution < -0.4 is 0 Å². The summed E-state index contributed by atoms with van der Waals surface area (Å²) in [6.07, 6.45) is 0.876. The van der Waals surface area contributed by atoms with Crippen LogP contribution in [-0.2, 0) is 13.0 Å². The fourth-order valence-corrected chi connectivity index (χ4v) is 3.02. The number of aromatic amines is 1. The smallest absolute Gasteiger partial charge is 0.179 e. The van der Waals surface area contributed by atoms with Gasteiger partial charge in [0.15, 0.2) is 10.4 Å². The maximum absolute atomic E-state index is 5.37. The lowest BCUT2D eigenvalue weighted by atomic mass is 10.3. The molecular weight excluding hydrogens is 276 g/mol. The zero-order chi connectivity index (χ0) is 13.4. The molecule has 98 valence electrons. The van der Waals surface area contributed by atoms with E-state index in [9.17, 15) is 0 Å². The van der Waals surface area contributed by atoms with Gasteiger partial charge < -0.3 is 9.55 Å². The van der Waals surface area contributed by atoms with Crippen molar-refractivity contribution in [2.24, 2.45) is 0 Å². The number of H-pyrrole nitrogens is 1. The van der Waals surface area contributed by atoms with Gasteiger partial charge in [-0.3, -0.25) is 0 Å². The lowest BCUT2D eigenvalue weighted by Crippen LogP contribution is -2.03. The maximum atomic E-state index is 5.37. The van der Waals surface area contributed by atoms with Gasteiger partial charge in [-0.1, -0.05) is 0 Å². The van der Waals surface area contributed by atoms with Crippen molar-refractivity contribution >= 4 is 34.7 Å². The zero-order valence-electron chi connectivity index (χ0n) is 10.8. The molecule has 0 aliphatic carbocycles. The summed E-state index contributed by atoms with van der Waals surface area (Å²) in [5.41, 5.74) is 4.04. The van der Waals surface area contributed by atoms with Crippen molar-refractivity contribution in [2.45, 2.75) is 26.8 Å². The molecule has 4 nitrogen and oxygen atoms in total. The number of imidazole rings is 1. The first kappa shape index (κ1) is 12.5. The van der Waals surface area contributed by atoms with E-state index in [0.717, 1.165) is 45.3 Å². The number of nitrogens with zero attached hydrogens (tertiary/aromatic N) is 3. The lowest BCUT2D eigenvalue weighted by molar-refractivity contribution is 0.690. The first-order valence-electron chi connectivity index (χ1n) is 6.10. The standard InChI is InChI=1S/C13H14N4S2/c1-8-3-4-11-12(14-8)17(13(18)16-11)6-5-10-7-19-9(2)15-10/h3-4,7H,5-6H2,1-2H3,(H,16,18). The molecule has 3 heterocycles. The Morgan fingerprint density at radius 3 is 2.89 bits per heavy atom. The molecule has 0 saturated heterocycles. The molecular formula is C13H14N4S2. The van der Waals surface area contributed by atoms with E-state index in [0.29, 0.717) is 0 Å². The van der Waals surface area contributed by atoms with Crippen LogP contribution >= 0.6 is 23.6 Å². The molecule has 3 aromatic rings. The van der Waals surface area contributed by atoms with Crippen LogP contribution in [0.3, 0.4) is 0 Å². The minimum absolute atomic E-state index is 0.722. The van der Waals surface area contributed by atoms with Gasteiger partial charge in [-0.2, -0.15) is 0 Å². The van der Waals surface area contributed by atoms with Crippen LogP contribution in [0.15, 0.2) is 17.5 Å². The molecule has 0 spiro atoms. The van der Waals surface area contributed by atoms with Crippen molar-refractivity contribution in [3.63, 3.8) is 0 Å². The molecule has 0 fully saturated rings. The minimum atomic E-state index is 0.722. The number of nitrogens with one attached hydrogen (secondary N) is 1. The third-order valence-electron chi connectivity index (χ3n) is 3.01. The van der Waals surface area contributed by atoms with E-state index >= 15 is 0 Å². The van der Waals surface area contributed by atoms with Gasteiger partial charge in [0, 0.05) is 24.0 Å². The Morgan fingerprint density at radius 1 is 1.32 bits per heavy atom. The predicted molar refractivity (Wildman–Crippen MR) is 80.2 cm³/mol. The summed E-state index contributed by atoms with van der Waals surface area (Å²) >= 11 is 7.05. The predicted octanol–water partition coefficient (Wildman–Crippen LogP) is 3.41. The van der Waals surface area contributed by atoms with Crippen molar-refractivity contribution in [1.29, 1.82) is 0 Å². The van der Waals surface area contributed by atoms with Gasteiger partial charge in [0.25, 0.3) is 0 Å². The molecule has 6 heteroatoms. The topological polar surface area (TPSA) is 46.5 Å². The van der Waals surface area contributed by atoms with E-state index in [1.54, 1.807) is 11.3 Å². The molecule has 0 radical (unpaired) electrons. The lowest BCUT2D eigenvalue weighted by Gasteiger charge is -2.02. The highest BCUT2D eigenvalue weighted by Gasteiger charge is 2.07. The third-order valence-corrected chi connectivity index (χ3v) is 4.16. The van der Waals surface area contributed by atoms with Crippen LogP contribution in [-0.4, -0.2) is 19.5 Å². The van der Waals surface area contributed by atoms with Gasteiger partial charge in [0.05, 0.1) is 16.2 Å². The second kappa shape index (κ2) is 4.86. The molecule has 0 amide bonds. The van der Waals surface area contributed by atoms with Crippen LogP contribution in [0.5, 0.6) is 0 Å². The van der Waals surface area contributed by atoms with Gasteiger partial charge in [-0.25, -0.2) is 9.97 Å². The molecule has 19 heavy (non-hydrogen) atoms. The molecule has 0 aliphatic rings. The first-order chi connectivity index (χ1) is 9.13. The van der Waals surface area contributed by atoms with E-state index < -0.39 is 0 Å². The van der Waals surface area contributed by atoms with Crippen molar-refractivity contribution in [2.75, 3.05) is 0 Å². The monoisotopic (exact) mass is 290 g/mol. The zero-order valence-corrected chi connectivity index (χ0v) is 12.4. The van der Waals surface area contributed by atoms with Crippen LogP contribution in [0.25, 0.3) is 11.2 Å². The summed E-state index contributed by atoms with van der Waals surface area (Å²) in [5.74, 6) is 0. The fraction of sp³-hybridized carbons (Fsp3) is 0.308. The summed E-state index contributed by atoms with van der Waals surface area (Å²) < 4.78 is 2.77. The summed E-state index contributed by atoms with van der Waals surface area (Å²) in [7, 11) is 0. The quantitative estimate of drug-likeness (QED) is 0.752. The van der Waals surface area contributed by atoms with E-state index in [-0.39, 0.29) is 0 Å². The number of thiazole rings is 1. The Hall–Kier alpha value is -1.53. The summed E-state index contributed by atoms with van der Waals surface area (Å²) in [6.45, 7) is 4.82. The summed E-state index contributed by atoms with van der Waals surface area (Å²) in [5, 5.41) is 3.21. The van der Waals surface area contributed by atoms with Crippen molar-refractivity contribution in [1.82, 2.24) is 19.5 Å². The maximum Gasteiger partial charge on any atom is 0.179 e. The molecule has 0 aromatic carbocycles. The van der Waals surface area contributed by atoms with Gasteiger partial charge >= 0.3 is 0 Å². The van der Waals surface area contributed by atoms with E-state index in [1.807, 2.05) is 30.5 Å². The minimum Gasteiger partial charge on any atom is -0.329 e. The highest BCUT2D eigenvalue weighted by Crippen LogP contribution is 2.14. The third kappa shape index (κ3) is 2.46. The highest BCUT2D eigenvalue weighted by atomic mass is 32.1. The van der Waals surface area contributed by atoms with Crippen molar-refractivity contribution < 1.29 is 0 Å². The number of hydrogen-bond acceptors (Lipinski definition) is 4. The van der Waals surface area contributed by atoms with Crippen LogP contribution in [0, 0.1) is 18.6 Å². The van der Waals surface area contributed by atoms with Gasteiger partial charge in [-0.15, -0.1) is 11.3 Å². The van der Waals surface area contributed by atoms with E-state index in [4.69, 9.17) is 12.2 Å². The highest BCUT2D eigenvalue weighted by molar-refractivity contribution is 7.71. The summed E-state index contributed by atoms with van der Waals surface area (Å²) in [6, 6.07) is 4.01. The average Bonchev–Trinajstić information content (AvgIpc) is 2.90. The largest absolute Gasteiger partial charge is 0.329 e. The number of rotatable bonds is 3. The molecule has 0 unspecified atom stereocenters. The Kier molecular flexibility index (Phi) is 3.20. The van der Waals surface area contributed by atoms with Crippen LogP contribution in [0.2, 0.25) is 0 Å². The molecule has 3 rings (SSSR count). The van der Waals surface area contributed by atoms with Crippen LogP contribution in [0.1, 0.15) is 16.4 Å². The molecule has 0 bridgehead atoms. The number of aromatic nitrogens is 4. The van der Waals surface area contributed by atoms with E-state index in [1.165, 1.54) is 0 Å². The molecule has 0 aliphatic heterocycles. The van der Waals surface area contributed by atoms with Crippen molar-refractivity contribution in [3.8, 4) is 0 Å². The number of pyridine rings is 1. The van der Waals surface area contributed by atoms with Gasteiger partial charge in [-0.05, 0) is 38.2 Å². The number of aryl methyl sites for hydroxylation is 4. The van der Waals surface area contributed by atoms with E-state index in [2.05, 4.69) is 20.3 Å². The Balaban J connectivity index is 1.94. The second-order valence-corrected chi connectivity index (χ2v) is 5.96. The first-order valence-corrected chi connectivity index (χ1v) is 7.39. The number of fused-ring (bicyclic) bond motifs is 1. The average molecular weight is 290 g/mol. The Labute approximate surface area is 120 Å². The Morgan fingerprint density at radius 2 is 2.16 bits per heavy atom. The normalized spacial score (nSPS) is 11.3. The molecule has 1 N–H and O–H groups in total. The molecule has 0 saturated carbocycles. The van der Waals surface area contributed by atoms with Gasteiger partial charge in [0.1, 0.15) is 0 Å².